The molecule has 3 N–H and O–H groups in total. The zero-order chi connectivity index (χ0) is 22.0. The van der Waals surface area contributed by atoms with E-state index < -0.39 is 24.3 Å². The van der Waals surface area contributed by atoms with Crippen LogP contribution in [0.25, 0.3) is 10.9 Å². The van der Waals surface area contributed by atoms with Gasteiger partial charge in [-0.05, 0) is 30.5 Å². The number of aliphatic hydroxyl groups excluding tert-OH is 2. The summed E-state index contributed by atoms with van der Waals surface area (Å²) in [4.78, 5) is 0. The Morgan fingerprint density at radius 1 is 1.16 bits per heavy atom. The Bertz CT molecular complexity index is 1030. The van der Waals surface area contributed by atoms with E-state index in [1.54, 1.807) is 23.0 Å². The fraction of sp³-hybridized carbons (Fsp3) is 0.435. The summed E-state index contributed by atoms with van der Waals surface area (Å²) < 4.78 is 26.8. The highest BCUT2D eigenvalue weighted by Gasteiger charge is 2.28. The van der Waals surface area contributed by atoms with Crippen molar-refractivity contribution in [2.24, 2.45) is 0 Å². The monoisotopic (exact) mass is 430 g/mol. The SMILES string of the molecule is COc1cc([C@H](O)[C@H](Cn2cc3cccc(C(O)O)c3n2)OC2CCCC2)ccc1F. The van der Waals surface area contributed by atoms with Crippen LogP contribution in [0.3, 0.4) is 0 Å². The summed E-state index contributed by atoms with van der Waals surface area (Å²) in [7, 11) is 1.38. The fourth-order valence-corrected chi connectivity index (χ4v) is 4.17. The first-order valence-corrected chi connectivity index (χ1v) is 10.5. The van der Waals surface area contributed by atoms with E-state index in [0.29, 0.717) is 16.6 Å². The first-order valence-electron chi connectivity index (χ1n) is 10.5. The van der Waals surface area contributed by atoms with Crippen molar-refractivity contribution in [3.8, 4) is 5.75 Å². The average Bonchev–Trinajstić information content (AvgIpc) is 3.42. The number of aromatic nitrogens is 2. The van der Waals surface area contributed by atoms with Crippen molar-refractivity contribution in [2.45, 2.75) is 56.8 Å². The minimum atomic E-state index is -1.63. The normalized spacial score (nSPS) is 16.8. The molecule has 0 amide bonds. The molecule has 0 bridgehead atoms. The molecule has 1 saturated carbocycles. The predicted molar refractivity (Wildman–Crippen MR) is 112 cm³/mol. The van der Waals surface area contributed by atoms with Crippen molar-refractivity contribution in [3.63, 3.8) is 0 Å². The Balaban J connectivity index is 1.63. The summed E-state index contributed by atoms with van der Waals surface area (Å²) in [5, 5.41) is 35.6. The standard InChI is InChI=1S/C23H27FN2O5/c1-30-19-11-14(9-10-18(19)24)22(27)20(31-16-6-2-3-7-16)13-26-12-15-5-4-8-17(23(28)29)21(15)25-26/h4-5,8-12,16,20,22-23,27-29H,2-3,6-7,13H2,1H3/t20-,22-/m0/s1. The van der Waals surface area contributed by atoms with Gasteiger partial charge in [-0.1, -0.05) is 37.1 Å². The minimum absolute atomic E-state index is 0.0433. The maximum absolute atomic E-state index is 13.8. The van der Waals surface area contributed by atoms with Gasteiger partial charge in [-0.15, -0.1) is 0 Å². The summed E-state index contributed by atoms with van der Waals surface area (Å²) >= 11 is 0. The van der Waals surface area contributed by atoms with E-state index in [-0.39, 0.29) is 18.4 Å². The largest absolute Gasteiger partial charge is 0.494 e. The van der Waals surface area contributed by atoms with Crippen LogP contribution in [0.2, 0.25) is 0 Å². The lowest BCUT2D eigenvalue weighted by Crippen LogP contribution is -2.31. The number of benzene rings is 2. The molecule has 0 unspecified atom stereocenters. The number of halogens is 1. The Kier molecular flexibility index (Phi) is 6.52. The third-order valence-corrected chi connectivity index (χ3v) is 5.80. The van der Waals surface area contributed by atoms with Crippen LogP contribution in [0, 0.1) is 5.82 Å². The fourth-order valence-electron chi connectivity index (χ4n) is 4.17. The summed E-state index contributed by atoms with van der Waals surface area (Å²) in [5.74, 6) is -0.442. The van der Waals surface area contributed by atoms with E-state index in [9.17, 15) is 19.7 Å². The second-order valence-corrected chi connectivity index (χ2v) is 7.93. The van der Waals surface area contributed by atoms with Gasteiger partial charge in [-0.3, -0.25) is 4.68 Å². The van der Waals surface area contributed by atoms with Crippen molar-refractivity contribution < 1.29 is 29.2 Å². The molecule has 0 spiro atoms. The topological polar surface area (TPSA) is 97.0 Å². The molecule has 31 heavy (non-hydrogen) atoms. The molecule has 1 aliphatic carbocycles. The van der Waals surface area contributed by atoms with Crippen LogP contribution in [0.15, 0.2) is 42.6 Å². The molecule has 2 atom stereocenters. The first-order chi connectivity index (χ1) is 15.0. The van der Waals surface area contributed by atoms with Gasteiger partial charge in [-0.2, -0.15) is 5.10 Å². The number of nitrogens with zero attached hydrogens (tertiary/aromatic N) is 2. The van der Waals surface area contributed by atoms with Gasteiger partial charge in [0, 0.05) is 17.1 Å². The van der Waals surface area contributed by atoms with Gasteiger partial charge in [0.05, 0.1) is 19.8 Å². The minimum Gasteiger partial charge on any atom is -0.494 e. The molecule has 1 heterocycles. The van der Waals surface area contributed by atoms with Crippen molar-refractivity contribution in [1.29, 1.82) is 0 Å². The summed E-state index contributed by atoms with van der Waals surface area (Å²) in [6, 6.07) is 9.43. The van der Waals surface area contributed by atoms with Crippen LogP contribution in [0.1, 0.15) is 49.2 Å². The molecule has 1 fully saturated rings. The second kappa shape index (κ2) is 9.32. The molecule has 4 rings (SSSR count). The Morgan fingerprint density at radius 3 is 2.65 bits per heavy atom. The average molecular weight is 430 g/mol. The van der Waals surface area contributed by atoms with E-state index >= 15 is 0 Å². The van der Waals surface area contributed by atoms with Gasteiger partial charge in [0.15, 0.2) is 17.9 Å². The van der Waals surface area contributed by atoms with Crippen LogP contribution in [0.4, 0.5) is 4.39 Å². The number of rotatable bonds is 8. The number of methoxy groups -OCH3 is 1. The number of hydrogen-bond donors (Lipinski definition) is 3. The molecule has 8 heteroatoms. The molecule has 1 aromatic heterocycles. The molecule has 0 radical (unpaired) electrons. The predicted octanol–water partition coefficient (Wildman–Crippen LogP) is 3.23. The third-order valence-electron chi connectivity index (χ3n) is 5.80. The van der Waals surface area contributed by atoms with Gasteiger partial charge in [0.1, 0.15) is 17.7 Å². The zero-order valence-electron chi connectivity index (χ0n) is 17.3. The number of aliphatic hydroxyl groups is 3. The number of hydrogen-bond acceptors (Lipinski definition) is 6. The van der Waals surface area contributed by atoms with Gasteiger partial charge in [0.2, 0.25) is 0 Å². The van der Waals surface area contributed by atoms with Gasteiger partial charge in [0.25, 0.3) is 0 Å². The van der Waals surface area contributed by atoms with Crippen LogP contribution >= 0.6 is 0 Å². The van der Waals surface area contributed by atoms with Gasteiger partial charge < -0.3 is 24.8 Å². The zero-order valence-corrected chi connectivity index (χ0v) is 17.3. The third kappa shape index (κ3) is 4.72. The van der Waals surface area contributed by atoms with E-state index in [1.165, 1.54) is 25.3 Å². The maximum atomic E-state index is 13.8. The molecule has 0 saturated heterocycles. The Morgan fingerprint density at radius 2 is 1.94 bits per heavy atom. The molecule has 166 valence electrons. The number of ether oxygens (including phenoxy) is 2. The summed E-state index contributed by atoms with van der Waals surface area (Å²) in [6.07, 6.45) is 2.57. The van der Waals surface area contributed by atoms with Gasteiger partial charge >= 0.3 is 0 Å². The Hall–Kier alpha value is -2.52. The molecular weight excluding hydrogens is 403 g/mol. The molecule has 3 aromatic rings. The molecule has 7 nitrogen and oxygen atoms in total. The lowest BCUT2D eigenvalue weighted by Gasteiger charge is -2.27. The Labute approximate surface area is 179 Å². The van der Waals surface area contributed by atoms with Crippen LogP contribution in [-0.2, 0) is 11.3 Å². The second-order valence-electron chi connectivity index (χ2n) is 7.93. The molecule has 2 aromatic carbocycles. The van der Waals surface area contributed by atoms with Gasteiger partial charge in [-0.25, -0.2) is 4.39 Å². The lowest BCUT2D eigenvalue weighted by atomic mass is 10.0. The van der Waals surface area contributed by atoms with Crippen LogP contribution in [-0.4, -0.2) is 44.4 Å². The highest BCUT2D eigenvalue weighted by atomic mass is 19.1. The molecular formula is C23H27FN2O5. The summed E-state index contributed by atoms with van der Waals surface area (Å²) in [5.41, 5.74) is 1.29. The van der Waals surface area contributed by atoms with E-state index in [4.69, 9.17) is 9.47 Å². The lowest BCUT2D eigenvalue weighted by molar-refractivity contribution is -0.0845. The van der Waals surface area contributed by atoms with E-state index in [1.807, 2.05) is 6.07 Å². The highest BCUT2D eigenvalue weighted by Crippen LogP contribution is 2.31. The first kappa shape index (κ1) is 21.7. The van der Waals surface area contributed by atoms with Crippen LogP contribution in [0.5, 0.6) is 5.75 Å². The quantitative estimate of drug-likeness (QED) is 0.475. The van der Waals surface area contributed by atoms with Crippen molar-refractivity contribution >= 4 is 10.9 Å². The molecule has 0 aliphatic heterocycles. The highest BCUT2D eigenvalue weighted by molar-refractivity contribution is 5.81. The number of fused-ring (bicyclic) bond motifs is 1. The smallest absolute Gasteiger partial charge is 0.180 e. The molecule has 1 aliphatic rings. The van der Waals surface area contributed by atoms with Crippen molar-refractivity contribution in [3.05, 3.63) is 59.5 Å². The van der Waals surface area contributed by atoms with E-state index in [0.717, 1.165) is 31.1 Å². The summed E-state index contributed by atoms with van der Waals surface area (Å²) in [6.45, 7) is 0.243. The van der Waals surface area contributed by atoms with Crippen LogP contribution < -0.4 is 4.74 Å². The van der Waals surface area contributed by atoms with Crippen molar-refractivity contribution in [2.75, 3.05) is 7.11 Å². The van der Waals surface area contributed by atoms with E-state index in [2.05, 4.69) is 5.10 Å². The van der Waals surface area contributed by atoms with Crippen molar-refractivity contribution in [1.82, 2.24) is 9.78 Å². The maximum Gasteiger partial charge on any atom is 0.180 e.